The Morgan fingerprint density at radius 2 is 2.14 bits per heavy atom. The molecule has 0 aromatic heterocycles. The molecule has 0 aliphatic rings. The van der Waals surface area contributed by atoms with Gasteiger partial charge >= 0.3 is 0 Å². The summed E-state index contributed by atoms with van der Waals surface area (Å²) in [5.74, 6) is 0. The van der Waals surface area contributed by atoms with Gasteiger partial charge in [0, 0.05) is 12.0 Å². The average Bonchev–Trinajstić information content (AvgIpc) is 1.68. The molecule has 0 unspecified atom stereocenters. The van der Waals surface area contributed by atoms with E-state index in [0.717, 1.165) is 6.29 Å². The average molecular weight is 101 g/mol. The Morgan fingerprint density at radius 3 is 2.14 bits per heavy atom. The van der Waals surface area contributed by atoms with Gasteiger partial charge in [0.2, 0.25) is 0 Å². The van der Waals surface area contributed by atoms with Crippen molar-refractivity contribution in [1.82, 2.24) is 0 Å². The van der Waals surface area contributed by atoms with E-state index in [1.165, 1.54) is 0 Å². The monoisotopic (exact) mass is 101 g/mol. The van der Waals surface area contributed by atoms with Crippen LogP contribution in [0, 0.1) is 5.41 Å². The summed E-state index contributed by atoms with van der Waals surface area (Å²) in [6, 6.07) is 0. The molecule has 2 nitrogen and oxygen atoms in total. The van der Waals surface area contributed by atoms with Crippen LogP contribution < -0.4 is 5.73 Å². The number of hydrogen-bond donors (Lipinski definition) is 1. The molecule has 0 aliphatic carbocycles. The maximum absolute atomic E-state index is 9.98. The van der Waals surface area contributed by atoms with Gasteiger partial charge in [-0.1, -0.05) is 13.8 Å². The van der Waals surface area contributed by atoms with Gasteiger partial charge < -0.3 is 10.5 Å². The zero-order valence-electron chi connectivity index (χ0n) is 4.77. The lowest BCUT2D eigenvalue weighted by Crippen LogP contribution is -2.24. The van der Waals surface area contributed by atoms with Crippen molar-refractivity contribution in [3.8, 4) is 0 Å². The van der Waals surface area contributed by atoms with E-state index >= 15 is 0 Å². The summed E-state index contributed by atoms with van der Waals surface area (Å²) in [6.45, 7) is 4.04. The second-order valence-corrected chi connectivity index (χ2v) is 2.31. The van der Waals surface area contributed by atoms with E-state index in [9.17, 15) is 4.79 Å². The summed E-state index contributed by atoms with van der Waals surface area (Å²) in [5, 5.41) is 0. The molecule has 0 radical (unpaired) electrons. The highest BCUT2D eigenvalue weighted by Gasteiger charge is 2.11. The van der Waals surface area contributed by atoms with Crippen molar-refractivity contribution in [2.45, 2.75) is 13.8 Å². The summed E-state index contributed by atoms with van der Waals surface area (Å²) in [4.78, 5) is 9.98. The Bertz CT molecular complexity index is 68.5. The fourth-order valence-electron chi connectivity index (χ4n) is 0.0481. The van der Waals surface area contributed by atoms with Crippen LogP contribution in [0.15, 0.2) is 0 Å². The molecule has 2 N–H and O–H groups in total. The molecule has 0 fully saturated rings. The van der Waals surface area contributed by atoms with Crippen molar-refractivity contribution in [3.63, 3.8) is 0 Å². The first-order valence-electron chi connectivity index (χ1n) is 2.29. The molecule has 0 aliphatic heterocycles. The summed E-state index contributed by atoms with van der Waals surface area (Å²) >= 11 is 0. The molecule has 0 amide bonds. The SMILES string of the molecule is CC(C)(C=O)CN. The number of rotatable bonds is 2. The minimum Gasteiger partial charge on any atom is -0.330 e. The van der Waals surface area contributed by atoms with Crippen molar-refractivity contribution >= 4 is 6.29 Å². The number of carbonyl (C=O) groups excluding carboxylic acids is 1. The van der Waals surface area contributed by atoms with Gasteiger partial charge in [-0.3, -0.25) is 0 Å². The summed E-state index contributed by atoms with van der Waals surface area (Å²) < 4.78 is 0. The van der Waals surface area contributed by atoms with E-state index in [4.69, 9.17) is 5.73 Å². The van der Waals surface area contributed by atoms with Gasteiger partial charge in [0.25, 0.3) is 0 Å². The molecule has 0 saturated carbocycles. The maximum Gasteiger partial charge on any atom is 0.126 e. The molecule has 0 saturated heterocycles. The van der Waals surface area contributed by atoms with E-state index in [1.807, 2.05) is 0 Å². The van der Waals surface area contributed by atoms with E-state index in [2.05, 4.69) is 0 Å². The molecule has 0 spiro atoms. The van der Waals surface area contributed by atoms with Crippen molar-refractivity contribution in [1.29, 1.82) is 0 Å². The third kappa shape index (κ3) is 2.34. The smallest absolute Gasteiger partial charge is 0.126 e. The molecule has 0 bridgehead atoms. The van der Waals surface area contributed by atoms with Crippen molar-refractivity contribution in [2.75, 3.05) is 6.54 Å². The molecular weight excluding hydrogens is 90.1 g/mol. The van der Waals surface area contributed by atoms with Crippen LogP contribution in [0.1, 0.15) is 13.8 Å². The van der Waals surface area contributed by atoms with E-state index in [0.29, 0.717) is 6.54 Å². The molecule has 0 rings (SSSR count). The lowest BCUT2D eigenvalue weighted by molar-refractivity contribution is -0.114. The summed E-state index contributed by atoms with van der Waals surface area (Å²) in [6.07, 6.45) is 0.868. The highest BCUT2D eigenvalue weighted by Crippen LogP contribution is 2.05. The van der Waals surface area contributed by atoms with Crippen molar-refractivity contribution < 1.29 is 4.79 Å². The lowest BCUT2D eigenvalue weighted by atomic mass is 9.97. The first kappa shape index (κ1) is 6.63. The van der Waals surface area contributed by atoms with Gasteiger partial charge in [-0.25, -0.2) is 0 Å². The van der Waals surface area contributed by atoms with Crippen LogP contribution in [-0.4, -0.2) is 12.8 Å². The molecule has 0 atom stereocenters. The minimum atomic E-state index is -0.319. The summed E-state index contributed by atoms with van der Waals surface area (Å²) in [7, 11) is 0. The van der Waals surface area contributed by atoms with Crippen LogP contribution in [0.4, 0.5) is 0 Å². The van der Waals surface area contributed by atoms with Gasteiger partial charge in [0.05, 0.1) is 0 Å². The van der Waals surface area contributed by atoms with Crippen molar-refractivity contribution in [3.05, 3.63) is 0 Å². The topological polar surface area (TPSA) is 43.1 Å². The highest BCUT2D eigenvalue weighted by atomic mass is 16.1. The molecule has 7 heavy (non-hydrogen) atoms. The Kier molecular flexibility index (Phi) is 1.96. The standard InChI is InChI=1S/C5H11NO/c1-5(2,3-6)4-7/h4H,3,6H2,1-2H3. The minimum absolute atomic E-state index is 0.319. The number of aldehydes is 1. The number of hydrogen-bond acceptors (Lipinski definition) is 2. The van der Waals surface area contributed by atoms with Crippen LogP contribution in [-0.2, 0) is 4.79 Å². The van der Waals surface area contributed by atoms with Crippen molar-refractivity contribution in [2.24, 2.45) is 11.1 Å². The Balaban J connectivity index is 3.58. The lowest BCUT2D eigenvalue weighted by Gasteiger charge is -2.10. The molecule has 2 heteroatoms. The van der Waals surface area contributed by atoms with Crippen LogP contribution in [0.2, 0.25) is 0 Å². The highest BCUT2D eigenvalue weighted by molar-refractivity contribution is 5.58. The van der Waals surface area contributed by atoms with Gasteiger partial charge in [-0.05, 0) is 0 Å². The fourth-order valence-corrected chi connectivity index (χ4v) is 0.0481. The number of nitrogens with two attached hydrogens (primary N) is 1. The third-order valence-corrected chi connectivity index (χ3v) is 0.845. The first-order chi connectivity index (χ1) is 3.12. The maximum atomic E-state index is 9.98. The van der Waals surface area contributed by atoms with Crippen LogP contribution in [0.3, 0.4) is 0 Å². The molecule has 0 aromatic carbocycles. The van der Waals surface area contributed by atoms with Crippen LogP contribution in [0.5, 0.6) is 0 Å². The Morgan fingerprint density at radius 1 is 1.71 bits per heavy atom. The molecular formula is C5H11NO. The third-order valence-electron chi connectivity index (χ3n) is 0.845. The second-order valence-electron chi connectivity index (χ2n) is 2.31. The van der Waals surface area contributed by atoms with Crippen LogP contribution in [0.25, 0.3) is 0 Å². The largest absolute Gasteiger partial charge is 0.330 e. The molecule has 0 heterocycles. The zero-order chi connectivity index (χ0) is 5.91. The Labute approximate surface area is 43.7 Å². The van der Waals surface area contributed by atoms with Gasteiger partial charge in [0.1, 0.15) is 6.29 Å². The van der Waals surface area contributed by atoms with Gasteiger partial charge in [0.15, 0.2) is 0 Å². The molecule has 42 valence electrons. The van der Waals surface area contributed by atoms with E-state index in [1.54, 1.807) is 13.8 Å². The van der Waals surface area contributed by atoms with E-state index in [-0.39, 0.29) is 5.41 Å². The Hall–Kier alpha value is -0.370. The van der Waals surface area contributed by atoms with Gasteiger partial charge in [-0.2, -0.15) is 0 Å². The number of carbonyl (C=O) groups is 1. The predicted octanol–water partition coefficient (Wildman–Crippen LogP) is 0.170. The fraction of sp³-hybridized carbons (Fsp3) is 0.800. The zero-order valence-corrected chi connectivity index (χ0v) is 4.77. The second kappa shape index (κ2) is 2.07. The van der Waals surface area contributed by atoms with Gasteiger partial charge in [-0.15, -0.1) is 0 Å². The normalized spacial score (nSPS) is 11.3. The van der Waals surface area contributed by atoms with E-state index < -0.39 is 0 Å². The molecule has 0 aromatic rings. The quantitative estimate of drug-likeness (QED) is 0.504. The van der Waals surface area contributed by atoms with Crippen LogP contribution >= 0.6 is 0 Å². The summed E-state index contributed by atoms with van der Waals surface area (Å²) in [5.41, 5.74) is 4.87. The predicted molar refractivity (Wildman–Crippen MR) is 28.9 cm³/mol. The first-order valence-corrected chi connectivity index (χ1v) is 2.29.